The van der Waals surface area contributed by atoms with Gasteiger partial charge in [-0.15, -0.1) is 0 Å². The van der Waals surface area contributed by atoms with Crippen LogP contribution < -0.4 is 0 Å². The van der Waals surface area contributed by atoms with Crippen molar-refractivity contribution < 1.29 is 40.6 Å². The largest absolute Gasteiger partial charge is 2.00 e. The fourth-order valence-electron chi connectivity index (χ4n) is 1.56. The van der Waals surface area contributed by atoms with Crippen molar-refractivity contribution in [1.82, 2.24) is 0 Å². The van der Waals surface area contributed by atoms with Crippen LogP contribution in [0.5, 0.6) is 0 Å². The van der Waals surface area contributed by atoms with Crippen LogP contribution in [-0.2, 0) is 30.8 Å². The Kier molecular flexibility index (Phi) is 46.9. The molecule has 0 rings (SSSR count). The van der Waals surface area contributed by atoms with E-state index in [1.807, 2.05) is 0 Å². The van der Waals surface area contributed by atoms with Crippen molar-refractivity contribution in [2.75, 3.05) is 0 Å². The predicted molar refractivity (Wildman–Crippen MR) is 90.9 cm³/mol. The Morgan fingerprint density at radius 2 is 0.952 bits per heavy atom. The van der Waals surface area contributed by atoms with Crippen LogP contribution >= 0.6 is 8.25 Å². The molecule has 3 nitrogen and oxygen atoms in total. The number of hydrogen-bond donors (Lipinski definition) is 2. The zero-order valence-electron chi connectivity index (χ0n) is 14.2. The van der Waals surface area contributed by atoms with Crippen LogP contribution in [-0.4, -0.2) is 9.79 Å². The van der Waals surface area contributed by atoms with Gasteiger partial charge in [0.05, 0.1) is 0 Å². The molecule has 0 saturated carbocycles. The minimum atomic E-state index is -3.13. The molecule has 0 aliphatic heterocycles. The molecule has 128 valence electrons. The van der Waals surface area contributed by atoms with E-state index in [1.165, 1.54) is 64.2 Å². The van der Waals surface area contributed by atoms with Crippen molar-refractivity contribution in [3.8, 4) is 0 Å². The average Bonchev–Trinajstić information content (AvgIpc) is 2.40. The van der Waals surface area contributed by atoms with Gasteiger partial charge in [0, 0.05) is 0 Å². The summed E-state index contributed by atoms with van der Waals surface area (Å²) in [6.07, 6.45) is 16.0. The second-order valence-corrected chi connectivity index (χ2v) is 5.38. The summed E-state index contributed by atoms with van der Waals surface area (Å²) in [5.41, 5.74) is 0. The fourth-order valence-corrected chi connectivity index (χ4v) is 1.56. The molecule has 21 heavy (non-hydrogen) atoms. The van der Waals surface area contributed by atoms with Crippen molar-refractivity contribution in [3.05, 3.63) is 13.8 Å². The molecule has 2 N–H and O–H groups in total. The van der Waals surface area contributed by atoms with Gasteiger partial charge in [0.15, 0.2) is 0 Å². The Balaban J connectivity index is -0.000000107. The summed E-state index contributed by atoms with van der Waals surface area (Å²) >= 11 is 0. The zero-order valence-corrected chi connectivity index (χ0v) is 17.7. The molecule has 0 unspecified atom stereocenters. The summed E-state index contributed by atoms with van der Waals surface area (Å²) in [5.74, 6) is 0. The van der Waals surface area contributed by atoms with Gasteiger partial charge in [-0.1, -0.05) is 78.1 Å². The van der Waals surface area contributed by atoms with Crippen LogP contribution in [0.3, 0.4) is 0 Å². The normalized spacial score (nSPS) is 9.10. The Hall–Kier alpha value is 1.03. The smallest absolute Gasteiger partial charge is 0.343 e. The molecule has 0 aromatic carbocycles. The van der Waals surface area contributed by atoms with Crippen molar-refractivity contribution in [2.24, 2.45) is 0 Å². The zero-order chi connectivity index (χ0) is 16.1. The molecule has 0 bridgehead atoms. The Morgan fingerprint density at radius 3 is 1.14 bits per heavy atom. The van der Waals surface area contributed by atoms with Crippen molar-refractivity contribution in [1.29, 1.82) is 0 Å². The summed E-state index contributed by atoms with van der Waals surface area (Å²) in [5, 5.41) is 0. The third-order valence-electron chi connectivity index (χ3n) is 2.71. The van der Waals surface area contributed by atoms with Crippen LogP contribution in [0.25, 0.3) is 0 Å². The van der Waals surface area contributed by atoms with E-state index < -0.39 is 8.25 Å². The maximum Gasteiger partial charge on any atom is 2.00 e. The Bertz CT molecular complexity index is 142. The molecule has 0 aliphatic rings. The average molecular weight is 400 g/mol. The molecule has 0 fully saturated rings. The van der Waals surface area contributed by atoms with Crippen molar-refractivity contribution in [2.45, 2.75) is 90.9 Å². The third-order valence-corrected chi connectivity index (χ3v) is 2.71. The SMILES string of the molecule is O=[PH](O)O.[CH2-]CCCCCCC.[CH2-]CCCCCCC.[Zr+2]. The van der Waals surface area contributed by atoms with Gasteiger partial charge in [0.2, 0.25) is 0 Å². The maximum atomic E-state index is 8.74. The topological polar surface area (TPSA) is 57.5 Å². The van der Waals surface area contributed by atoms with E-state index in [1.54, 1.807) is 0 Å². The molecule has 0 radical (unpaired) electrons. The van der Waals surface area contributed by atoms with E-state index in [0.717, 1.165) is 12.8 Å². The molecular formula is C16H37O3PZr. The van der Waals surface area contributed by atoms with Gasteiger partial charge in [-0.05, 0) is 0 Å². The van der Waals surface area contributed by atoms with E-state index in [9.17, 15) is 0 Å². The predicted octanol–water partition coefficient (Wildman–Crippen LogP) is 5.72. The molecular weight excluding hydrogens is 362 g/mol. The fraction of sp³-hybridized carbons (Fsp3) is 0.875. The molecule has 5 heteroatoms. The maximum absolute atomic E-state index is 8.74. The molecule has 0 aliphatic carbocycles. The second-order valence-electron chi connectivity index (χ2n) is 4.82. The first kappa shape index (κ1) is 30.0. The quantitative estimate of drug-likeness (QED) is 0.280. The standard InChI is InChI=1S/2C8H17.H3O3P.Zr/c2*1-3-5-7-8-6-4-2;1-4(2)3;/h2*1,3-8H2,2H3;4H,(H2,1,2,3);/q2*-1;;+2. The number of unbranched alkanes of at least 4 members (excludes halogenated alkanes) is 10. The van der Waals surface area contributed by atoms with E-state index in [2.05, 4.69) is 27.7 Å². The molecule has 0 aromatic heterocycles. The van der Waals surface area contributed by atoms with Crippen LogP contribution in [0.4, 0.5) is 0 Å². The van der Waals surface area contributed by atoms with Gasteiger partial charge in [-0.25, -0.2) is 0 Å². The molecule has 0 spiro atoms. The van der Waals surface area contributed by atoms with Gasteiger partial charge < -0.3 is 23.6 Å². The van der Waals surface area contributed by atoms with Crippen LogP contribution in [0.15, 0.2) is 0 Å². The van der Waals surface area contributed by atoms with Gasteiger partial charge in [-0.3, -0.25) is 4.57 Å². The van der Waals surface area contributed by atoms with Crippen LogP contribution in [0, 0.1) is 13.8 Å². The Morgan fingerprint density at radius 1 is 0.714 bits per heavy atom. The second kappa shape index (κ2) is 32.8. The molecule has 0 saturated heterocycles. The number of hydrogen-bond acceptors (Lipinski definition) is 1. The minimum Gasteiger partial charge on any atom is -0.343 e. The first-order valence-electron chi connectivity index (χ1n) is 8.07. The molecule has 0 atom stereocenters. The summed E-state index contributed by atoms with van der Waals surface area (Å²) in [6.45, 7) is 12.0. The van der Waals surface area contributed by atoms with Gasteiger partial charge >= 0.3 is 34.5 Å². The molecule has 0 amide bonds. The van der Waals surface area contributed by atoms with Gasteiger partial charge in [0.1, 0.15) is 0 Å². The van der Waals surface area contributed by atoms with E-state index in [4.69, 9.17) is 14.4 Å². The third kappa shape index (κ3) is 62.6. The summed E-state index contributed by atoms with van der Waals surface area (Å²) < 4.78 is 8.74. The number of rotatable bonds is 10. The minimum absolute atomic E-state index is 0. The van der Waals surface area contributed by atoms with E-state index >= 15 is 0 Å². The van der Waals surface area contributed by atoms with E-state index in [0.29, 0.717) is 0 Å². The monoisotopic (exact) mass is 398 g/mol. The van der Waals surface area contributed by atoms with E-state index in [-0.39, 0.29) is 26.2 Å². The van der Waals surface area contributed by atoms with Gasteiger partial charge in [-0.2, -0.15) is 12.8 Å². The summed E-state index contributed by atoms with van der Waals surface area (Å²) in [6, 6.07) is 0. The molecule has 0 aromatic rings. The van der Waals surface area contributed by atoms with Crippen molar-refractivity contribution >= 4 is 8.25 Å². The van der Waals surface area contributed by atoms with Crippen molar-refractivity contribution in [3.63, 3.8) is 0 Å². The van der Waals surface area contributed by atoms with Gasteiger partial charge in [0.25, 0.3) is 0 Å². The first-order chi connectivity index (χ1) is 9.56. The van der Waals surface area contributed by atoms with Crippen LogP contribution in [0.1, 0.15) is 90.9 Å². The first-order valence-corrected chi connectivity index (χ1v) is 9.37. The Labute approximate surface area is 153 Å². The summed E-state index contributed by atoms with van der Waals surface area (Å²) in [4.78, 5) is 14.3. The summed E-state index contributed by atoms with van der Waals surface area (Å²) in [7, 11) is -3.13. The molecule has 0 heterocycles. The van der Waals surface area contributed by atoms with Crippen LogP contribution in [0.2, 0.25) is 0 Å².